The molecular weight excluding hydrogens is 206 g/mol. The van der Waals surface area contributed by atoms with Gasteiger partial charge in [-0.2, -0.15) is 4.99 Å². The van der Waals surface area contributed by atoms with Crippen LogP contribution in [0.3, 0.4) is 0 Å². The van der Waals surface area contributed by atoms with E-state index >= 15 is 0 Å². The predicted octanol–water partition coefficient (Wildman–Crippen LogP) is 0.710. The standard InChI is InChI=1S/C11H17N3O2/c1-4-6-7(3)11(5-2)8(15)13-10(12)14-9(11)16/h6H,4-5H2,1-3H3,(H3,12,13,14,15,16). The summed E-state index contributed by atoms with van der Waals surface area (Å²) in [6, 6.07) is 0. The van der Waals surface area contributed by atoms with Crippen molar-refractivity contribution in [2.75, 3.05) is 0 Å². The Morgan fingerprint density at radius 3 is 2.56 bits per heavy atom. The van der Waals surface area contributed by atoms with Crippen molar-refractivity contribution >= 4 is 17.8 Å². The van der Waals surface area contributed by atoms with Gasteiger partial charge < -0.3 is 5.73 Å². The van der Waals surface area contributed by atoms with Gasteiger partial charge in [-0.05, 0) is 19.8 Å². The van der Waals surface area contributed by atoms with Gasteiger partial charge in [-0.3, -0.25) is 14.9 Å². The number of carbonyl (C=O) groups is 2. The first-order valence-electron chi connectivity index (χ1n) is 5.36. The molecule has 0 aromatic rings. The number of amides is 2. The van der Waals surface area contributed by atoms with Crippen LogP contribution >= 0.6 is 0 Å². The van der Waals surface area contributed by atoms with Crippen molar-refractivity contribution in [1.29, 1.82) is 0 Å². The third-order valence-corrected chi connectivity index (χ3v) is 2.93. The number of hydrogen-bond acceptors (Lipinski definition) is 3. The van der Waals surface area contributed by atoms with E-state index in [0.29, 0.717) is 6.42 Å². The zero-order chi connectivity index (χ0) is 12.3. The van der Waals surface area contributed by atoms with Gasteiger partial charge in [0.1, 0.15) is 0 Å². The highest BCUT2D eigenvalue weighted by Gasteiger charge is 2.48. The molecule has 0 radical (unpaired) electrons. The number of aliphatic imine (C=N–C) groups is 1. The normalized spacial score (nSPS) is 26.4. The Morgan fingerprint density at radius 1 is 1.50 bits per heavy atom. The molecule has 2 amide bonds. The summed E-state index contributed by atoms with van der Waals surface area (Å²) in [7, 11) is 0. The van der Waals surface area contributed by atoms with Crippen molar-refractivity contribution in [3.05, 3.63) is 11.6 Å². The number of nitrogens with two attached hydrogens (primary N) is 1. The summed E-state index contributed by atoms with van der Waals surface area (Å²) >= 11 is 0. The molecular formula is C11H17N3O2. The number of allylic oxidation sites excluding steroid dienone is 1. The number of hydrogen-bond donors (Lipinski definition) is 2. The lowest BCUT2D eigenvalue weighted by atomic mass is 9.75. The highest BCUT2D eigenvalue weighted by atomic mass is 16.2. The van der Waals surface area contributed by atoms with Crippen molar-refractivity contribution in [2.24, 2.45) is 16.1 Å². The van der Waals surface area contributed by atoms with Gasteiger partial charge >= 0.3 is 0 Å². The van der Waals surface area contributed by atoms with Gasteiger partial charge in [0, 0.05) is 0 Å². The quantitative estimate of drug-likeness (QED) is 0.546. The van der Waals surface area contributed by atoms with Crippen LogP contribution in [0.15, 0.2) is 16.6 Å². The monoisotopic (exact) mass is 223 g/mol. The third-order valence-electron chi connectivity index (χ3n) is 2.93. The largest absolute Gasteiger partial charge is 0.369 e. The molecule has 0 spiro atoms. The molecule has 0 aliphatic carbocycles. The van der Waals surface area contributed by atoms with Crippen molar-refractivity contribution in [1.82, 2.24) is 5.32 Å². The van der Waals surface area contributed by atoms with Crippen LogP contribution in [0.5, 0.6) is 0 Å². The maximum absolute atomic E-state index is 12.0. The minimum atomic E-state index is -1.17. The molecule has 0 aromatic heterocycles. The molecule has 1 rings (SSSR count). The van der Waals surface area contributed by atoms with Crippen molar-refractivity contribution < 1.29 is 9.59 Å². The molecule has 88 valence electrons. The Balaban J connectivity index is 3.28. The summed E-state index contributed by atoms with van der Waals surface area (Å²) in [5, 5.41) is 2.42. The fourth-order valence-corrected chi connectivity index (χ4v) is 1.97. The molecule has 0 aromatic carbocycles. The molecule has 1 aliphatic heterocycles. The van der Waals surface area contributed by atoms with E-state index in [-0.39, 0.29) is 11.9 Å². The number of nitrogens with zero attached hydrogens (tertiary/aromatic N) is 1. The second-order valence-electron chi connectivity index (χ2n) is 3.81. The zero-order valence-electron chi connectivity index (χ0n) is 9.83. The van der Waals surface area contributed by atoms with E-state index in [1.54, 1.807) is 13.8 Å². The number of guanidine groups is 1. The highest BCUT2D eigenvalue weighted by Crippen LogP contribution is 2.34. The average Bonchev–Trinajstić information content (AvgIpc) is 2.18. The summed E-state index contributed by atoms with van der Waals surface area (Å²) in [5.41, 5.74) is 4.91. The van der Waals surface area contributed by atoms with E-state index in [0.717, 1.165) is 12.0 Å². The minimum Gasteiger partial charge on any atom is -0.369 e. The van der Waals surface area contributed by atoms with Crippen LogP contribution in [-0.4, -0.2) is 17.8 Å². The van der Waals surface area contributed by atoms with Crippen molar-refractivity contribution in [3.63, 3.8) is 0 Å². The second kappa shape index (κ2) is 4.47. The van der Waals surface area contributed by atoms with Crippen LogP contribution in [0.4, 0.5) is 0 Å². The first-order valence-corrected chi connectivity index (χ1v) is 5.36. The van der Waals surface area contributed by atoms with Gasteiger partial charge in [0.15, 0.2) is 5.41 Å². The summed E-state index contributed by atoms with van der Waals surface area (Å²) in [4.78, 5) is 27.5. The fourth-order valence-electron chi connectivity index (χ4n) is 1.97. The lowest BCUT2D eigenvalue weighted by molar-refractivity contribution is -0.139. The van der Waals surface area contributed by atoms with E-state index in [4.69, 9.17) is 5.73 Å². The Kier molecular flexibility index (Phi) is 3.47. The van der Waals surface area contributed by atoms with Crippen LogP contribution < -0.4 is 11.1 Å². The SMILES string of the molecule is CCC=C(C)C1(CC)C(=O)N=C(N)NC1=O. The summed E-state index contributed by atoms with van der Waals surface area (Å²) in [6.45, 7) is 5.53. The summed E-state index contributed by atoms with van der Waals surface area (Å²) in [5.74, 6) is -0.975. The molecule has 16 heavy (non-hydrogen) atoms. The lowest BCUT2D eigenvalue weighted by Gasteiger charge is -2.31. The predicted molar refractivity (Wildman–Crippen MR) is 61.5 cm³/mol. The first-order chi connectivity index (χ1) is 7.48. The van der Waals surface area contributed by atoms with Gasteiger partial charge in [0.25, 0.3) is 5.91 Å². The Morgan fingerprint density at radius 2 is 2.12 bits per heavy atom. The number of nitrogens with one attached hydrogen (secondary N) is 1. The van der Waals surface area contributed by atoms with Gasteiger partial charge in [-0.25, -0.2) is 0 Å². The van der Waals surface area contributed by atoms with E-state index in [1.165, 1.54) is 0 Å². The Hall–Kier alpha value is -1.65. The Labute approximate surface area is 94.8 Å². The van der Waals surface area contributed by atoms with Crippen molar-refractivity contribution in [3.8, 4) is 0 Å². The molecule has 1 atom stereocenters. The smallest absolute Gasteiger partial charge is 0.268 e. The average molecular weight is 223 g/mol. The highest BCUT2D eigenvalue weighted by molar-refractivity contribution is 6.19. The Bertz CT molecular complexity index is 385. The topological polar surface area (TPSA) is 84.6 Å². The molecule has 5 nitrogen and oxygen atoms in total. The van der Waals surface area contributed by atoms with E-state index in [2.05, 4.69) is 10.3 Å². The van der Waals surface area contributed by atoms with Gasteiger partial charge in [-0.15, -0.1) is 0 Å². The fraction of sp³-hybridized carbons (Fsp3) is 0.545. The summed E-state index contributed by atoms with van der Waals surface area (Å²) in [6.07, 6.45) is 3.03. The van der Waals surface area contributed by atoms with Crippen LogP contribution in [-0.2, 0) is 9.59 Å². The van der Waals surface area contributed by atoms with E-state index < -0.39 is 11.3 Å². The lowest BCUT2D eigenvalue weighted by Crippen LogP contribution is -2.55. The molecule has 1 heterocycles. The van der Waals surface area contributed by atoms with E-state index in [1.807, 2.05) is 13.0 Å². The zero-order valence-corrected chi connectivity index (χ0v) is 9.83. The number of rotatable bonds is 3. The van der Waals surface area contributed by atoms with Gasteiger partial charge in [0.05, 0.1) is 0 Å². The van der Waals surface area contributed by atoms with Crippen LogP contribution in [0, 0.1) is 5.41 Å². The molecule has 1 unspecified atom stereocenters. The molecule has 0 fully saturated rings. The summed E-state index contributed by atoms with van der Waals surface area (Å²) < 4.78 is 0. The second-order valence-corrected chi connectivity index (χ2v) is 3.81. The maximum atomic E-state index is 12.0. The molecule has 1 aliphatic rings. The minimum absolute atomic E-state index is 0.122. The third kappa shape index (κ3) is 1.73. The molecule has 5 heteroatoms. The van der Waals surface area contributed by atoms with Gasteiger partial charge in [-0.1, -0.05) is 25.5 Å². The molecule has 0 bridgehead atoms. The maximum Gasteiger partial charge on any atom is 0.268 e. The van der Waals surface area contributed by atoms with Crippen LogP contribution in [0.1, 0.15) is 33.6 Å². The van der Waals surface area contributed by atoms with Gasteiger partial charge in [0.2, 0.25) is 11.9 Å². The molecule has 0 saturated heterocycles. The number of carbonyl (C=O) groups excluding carboxylic acids is 2. The molecule has 0 saturated carbocycles. The van der Waals surface area contributed by atoms with Crippen LogP contribution in [0.2, 0.25) is 0 Å². The first kappa shape index (κ1) is 12.4. The van der Waals surface area contributed by atoms with E-state index in [9.17, 15) is 9.59 Å². The molecule has 3 N–H and O–H groups in total. The van der Waals surface area contributed by atoms with Crippen LogP contribution in [0.25, 0.3) is 0 Å². The van der Waals surface area contributed by atoms with Crippen molar-refractivity contribution in [2.45, 2.75) is 33.6 Å².